The average molecular weight is 410 g/mol. The van der Waals surface area contributed by atoms with Gasteiger partial charge in [0.05, 0.1) is 4.92 Å². The van der Waals surface area contributed by atoms with Crippen molar-refractivity contribution in [3.8, 4) is 0 Å². The third-order valence-corrected chi connectivity index (χ3v) is 5.05. The summed E-state index contributed by atoms with van der Waals surface area (Å²) in [6.45, 7) is 7.08. The number of hydrogen-bond donors (Lipinski definition) is 1. The third-order valence-electron chi connectivity index (χ3n) is 5.05. The summed E-state index contributed by atoms with van der Waals surface area (Å²) in [5.74, 6) is 0.258. The number of nitro groups is 1. The average Bonchev–Trinajstić information content (AvgIpc) is 2.74. The molecular formula is C22H26N4O4. The summed E-state index contributed by atoms with van der Waals surface area (Å²) in [5.41, 5.74) is 1.99. The molecule has 0 aromatic heterocycles. The van der Waals surface area contributed by atoms with Crippen LogP contribution in [0.5, 0.6) is 0 Å². The Morgan fingerprint density at radius 1 is 1.00 bits per heavy atom. The van der Waals surface area contributed by atoms with Gasteiger partial charge in [-0.25, -0.2) is 0 Å². The molecule has 2 aromatic carbocycles. The van der Waals surface area contributed by atoms with Crippen molar-refractivity contribution in [3.63, 3.8) is 0 Å². The Labute approximate surface area is 175 Å². The molecule has 8 nitrogen and oxygen atoms in total. The second-order valence-electron chi connectivity index (χ2n) is 7.77. The number of nitrogens with one attached hydrogen (secondary N) is 1. The molecule has 0 saturated carbocycles. The maximum atomic E-state index is 12.3. The van der Waals surface area contributed by atoms with E-state index in [0.717, 1.165) is 18.8 Å². The lowest BCUT2D eigenvalue weighted by Crippen LogP contribution is -2.49. The number of hydrogen-bond acceptors (Lipinski definition) is 5. The second-order valence-corrected chi connectivity index (χ2v) is 7.77. The van der Waals surface area contributed by atoms with E-state index >= 15 is 0 Å². The van der Waals surface area contributed by atoms with Gasteiger partial charge in [0.15, 0.2) is 0 Å². The SMILES string of the molecule is CC(C)CC(=O)N1CCN(c2ccc(NC(=O)c3ccc([N+](=O)[O-])cc3)cc2)CC1. The lowest BCUT2D eigenvalue weighted by atomic mass is 10.1. The summed E-state index contributed by atoms with van der Waals surface area (Å²) in [5, 5.41) is 13.5. The number of benzene rings is 2. The topological polar surface area (TPSA) is 95.8 Å². The Hall–Kier alpha value is -3.42. The monoisotopic (exact) mass is 410 g/mol. The molecule has 1 fully saturated rings. The Morgan fingerprint density at radius 2 is 1.60 bits per heavy atom. The lowest BCUT2D eigenvalue weighted by Gasteiger charge is -2.36. The van der Waals surface area contributed by atoms with Gasteiger partial charge in [-0.1, -0.05) is 13.8 Å². The number of nitro benzene ring substituents is 1. The first-order valence-electron chi connectivity index (χ1n) is 10.0. The minimum Gasteiger partial charge on any atom is -0.368 e. The number of anilines is 2. The van der Waals surface area contributed by atoms with Crippen LogP contribution in [-0.4, -0.2) is 47.8 Å². The molecule has 1 heterocycles. The molecule has 0 spiro atoms. The van der Waals surface area contributed by atoms with Crippen molar-refractivity contribution in [2.75, 3.05) is 36.4 Å². The van der Waals surface area contributed by atoms with E-state index in [-0.39, 0.29) is 17.5 Å². The number of rotatable bonds is 6. The summed E-state index contributed by atoms with van der Waals surface area (Å²) in [7, 11) is 0. The Morgan fingerprint density at radius 3 is 2.13 bits per heavy atom. The molecule has 1 aliphatic rings. The normalized spacial score (nSPS) is 14.0. The predicted octanol–water partition coefficient (Wildman–Crippen LogP) is 3.54. The molecule has 1 aliphatic heterocycles. The van der Waals surface area contributed by atoms with E-state index in [9.17, 15) is 19.7 Å². The molecular weight excluding hydrogens is 384 g/mol. The summed E-state index contributed by atoms with van der Waals surface area (Å²) in [6, 6.07) is 13.0. The van der Waals surface area contributed by atoms with Gasteiger partial charge < -0.3 is 15.1 Å². The number of nitrogens with zero attached hydrogens (tertiary/aromatic N) is 3. The lowest BCUT2D eigenvalue weighted by molar-refractivity contribution is -0.384. The largest absolute Gasteiger partial charge is 0.368 e. The van der Waals surface area contributed by atoms with Gasteiger partial charge in [0.1, 0.15) is 0 Å². The number of piperazine rings is 1. The van der Waals surface area contributed by atoms with E-state index in [1.54, 1.807) is 0 Å². The van der Waals surface area contributed by atoms with Crippen LogP contribution in [0.25, 0.3) is 0 Å². The van der Waals surface area contributed by atoms with Crippen molar-refractivity contribution in [1.82, 2.24) is 4.90 Å². The zero-order valence-electron chi connectivity index (χ0n) is 17.2. The molecule has 0 aliphatic carbocycles. The molecule has 3 rings (SSSR count). The van der Waals surface area contributed by atoms with E-state index in [0.29, 0.717) is 36.7 Å². The van der Waals surface area contributed by atoms with Crippen molar-refractivity contribution in [2.45, 2.75) is 20.3 Å². The van der Waals surface area contributed by atoms with Crippen molar-refractivity contribution >= 4 is 28.9 Å². The number of carbonyl (C=O) groups excluding carboxylic acids is 2. The van der Waals surface area contributed by atoms with Crippen LogP contribution in [0.4, 0.5) is 17.1 Å². The number of non-ortho nitro benzene ring substituents is 1. The molecule has 2 aromatic rings. The first-order chi connectivity index (χ1) is 14.3. The van der Waals surface area contributed by atoms with Gasteiger partial charge in [0.2, 0.25) is 5.91 Å². The first kappa shape index (κ1) is 21.3. The quantitative estimate of drug-likeness (QED) is 0.580. The number of carbonyl (C=O) groups is 2. The number of amides is 2. The molecule has 0 unspecified atom stereocenters. The van der Waals surface area contributed by atoms with Crippen LogP contribution in [0.1, 0.15) is 30.6 Å². The van der Waals surface area contributed by atoms with Crippen LogP contribution in [0.3, 0.4) is 0 Å². The first-order valence-corrected chi connectivity index (χ1v) is 10.0. The van der Waals surface area contributed by atoms with Crippen LogP contribution in [-0.2, 0) is 4.79 Å². The van der Waals surface area contributed by atoms with Crippen LogP contribution < -0.4 is 10.2 Å². The van der Waals surface area contributed by atoms with Crippen LogP contribution >= 0.6 is 0 Å². The molecule has 1 saturated heterocycles. The van der Waals surface area contributed by atoms with E-state index in [1.165, 1.54) is 24.3 Å². The fourth-order valence-corrected chi connectivity index (χ4v) is 3.39. The van der Waals surface area contributed by atoms with Gasteiger partial charge in [-0.05, 0) is 42.3 Å². The highest BCUT2D eigenvalue weighted by molar-refractivity contribution is 6.04. The van der Waals surface area contributed by atoms with Crippen molar-refractivity contribution in [3.05, 3.63) is 64.2 Å². The predicted molar refractivity (Wildman–Crippen MR) is 116 cm³/mol. The second kappa shape index (κ2) is 9.39. The van der Waals surface area contributed by atoms with E-state index in [2.05, 4.69) is 24.1 Å². The Kier molecular flexibility index (Phi) is 6.66. The molecule has 8 heteroatoms. The van der Waals surface area contributed by atoms with Gasteiger partial charge in [-0.2, -0.15) is 0 Å². The summed E-state index contributed by atoms with van der Waals surface area (Å²) in [4.78, 5) is 38.9. The van der Waals surface area contributed by atoms with Crippen molar-refractivity contribution in [1.29, 1.82) is 0 Å². The third kappa shape index (κ3) is 5.34. The van der Waals surface area contributed by atoms with Crippen LogP contribution in [0, 0.1) is 16.0 Å². The highest BCUT2D eigenvalue weighted by Crippen LogP contribution is 2.21. The van der Waals surface area contributed by atoms with Gasteiger partial charge in [0.25, 0.3) is 11.6 Å². The van der Waals surface area contributed by atoms with E-state index in [1.807, 2.05) is 29.2 Å². The van der Waals surface area contributed by atoms with Crippen molar-refractivity contribution in [2.24, 2.45) is 5.92 Å². The maximum Gasteiger partial charge on any atom is 0.269 e. The van der Waals surface area contributed by atoms with E-state index < -0.39 is 4.92 Å². The highest BCUT2D eigenvalue weighted by Gasteiger charge is 2.21. The Bertz CT molecular complexity index is 902. The van der Waals surface area contributed by atoms with Gasteiger partial charge >= 0.3 is 0 Å². The highest BCUT2D eigenvalue weighted by atomic mass is 16.6. The van der Waals surface area contributed by atoms with Crippen molar-refractivity contribution < 1.29 is 14.5 Å². The standard InChI is InChI=1S/C22H26N4O4/c1-16(2)15-21(27)25-13-11-24(12-14-25)19-9-5-18(6-10-19)23-22(28)17-3-7-20(8-4-17)26(29)30/h3-10,16H,11-15H2,1-2H3,(H,23,28). The summed E-state index contributed by atoms with van der Waals surface area (Å²) >= 11 is 0. The molecule has 2 amide bonds. The minimum atomic E-state index is -0.500. The smallest absolute Gasteiger partial charge is 0.269 e. The molecule has 0 radical (unpaired) electrons. The maximum absolute atomic E-state index is 12.3. The van der Waals surface area contributed by atoms with Gasteiger partial charge in [-0.3, -0.25) is 19.7 Å². The fraction of sp³-hybridized carbons (Fsp3) is 0.364. The van der Waals surface area contributed by atoms with E-state index in [4.69, 9.17) is 0 Å². The minimum absolute atomic E-state index is 0.0538. The molecule has 0 bridgehead atoms. The molecule has 158 valence electrons. The summed E-state index contributed by atoms with van der Waals surface area (Å²) in [6.07, 6.45) is 0.586. The van der Waals surface area contributed by atoms with Gasteiger partial charge in [-0.15, -0.1) is 0 Å². The van der Waals surface area contributed by atoms with Gasteiger partial charge in [0, 0.05) is 61.7 Å². The fourth-order valence-electron chi connectivity index (χ4n) is 3.39. The van der Waals surface area contributed by atoms with Crippen LogP contribution in [0.2, 0.25) is 0 Å². The molecule has 0 atom stereocenters. The zero-order chi connectivity index (χ0) is 21.7. The Balaban J connectivity index is 1.54. The zero-order valence-corrected chi connectivity index (χ0v) is 17.2. The van der Waals surface area contributed by atoms with Crippen LogP contribution in [0.15, 0.2) is 48.5 Å². The molecule has 30 heavy (non-hydrogen) atoms. The summed E-state index contributed by atoms with van der Waals surface area (Å²) < 4.78 is 0. The molecule has 1 N–H and O–H groups in total.